The van der Waals surface area contributed by atoms with Crippen molar-refractivity contribution in [3.8, 4) is 0 Å². The standard InChI is InChI=1S/C12H11N3O2.H2/c13-6-9-2-1-8(5-10(9)14)7-15-11(16)3-4-12(15)17;/h1-6,13H,7,14H2;1H. The van der Waals surface area contributed by atoms with E-state index in [1.54, 1.807) is 18.2 Å². The van der Waals surface area contributed by atoms with E-state index < -0.39 is 0 Å². The Balaban J connectivity index is 0.00000162. The number of carbonyl (C=O) groups excluding carboxylic acids is 2. The molecular weight excluding hydrogens is 218 g/mol. The van der Waals surface area contributed by atoms with E-state index in [9.17, 15) is 9.59 Å². The van der Waals surface area contributed by atoms with Gasteiger partial charge in [-0.2, -0.15) is 0 Å². The molecule has 0 atom stereocenters. The number of nitrogen functional groups attached to an aromatic ring is 1. The molecule has 0 saturated heterocycles. The molecule has 1 aliphatic rings. The largest absolute Gasteiger partial charge is 0.398 e. The van der Waals surface area contributed by atoms with Crippen molar-refractivity contribution in [1.82, 2.24) is 4.90 Å². The number of hydrogen-bond acceptors (Lipinski definition) is 4. The normalized spacial score (nSPS) is 14.5. The highest BCUT2D eigenvalue weighted by atomic mass is 16.2. The lowest BCUT2D eigenvalue weighted by molar-refractivity contribution is -0.137. The van der Waals surface area contributed by atoms with E-state index in [4.69, 9.17) is 11.1 Å². The van der Waals surface area contributed by atoms with Gasteiger partial charge in [0, 0.05) is 31.0 Å². The molecule has 2 amide bonds. The molecule has 0 fully saturated rings. The number of benzene rings is 1. The van der Waals surface area contributed by atoms with Crippen LogP contribution >= 0.6 is 0 Å². The minimum Gasteiger partial charge on any atom is -0.398 e. The van der Waals surface area contributed by atoms with Gasteiger partial charge < -0.3 is 11.1 Å². The zero-order valence-electron chi connectivity index (χ0n) is 9.01. The Morgan fingerprint density at radius 2 is 1.94 bits per heavy atom. The molecule has 88 valence electrons. The maximum absolute atomic E-state index is 11.3. The minimum atomic E-state index is -0.315. The van der Waals surface area contributed by atoms with Crippen molar-refractivity contribution in [2.24, 2.45) is 0 Å². The molecule has 0 unspecified atom stereocenters. The van der Waals surface area contributed by atoms with Gasteiger partial charge >= 0.3 is 0 Å². The number of nitrogens with zero attached hydrogens (tertiary/aromatic N) is 1. The summed E-state index contributed by atoms with van der Waals surface area (Å²) in [5, 5.41) is 7.11. The Morgan fingerprint density at radius 3 is 2.47 bits per heavy atom. The van der Waals surface area contributed by atoms with Crippen LogP contribution in [0.3, 0.4) is 0 Å². The van der Waals surface area contributed by atoms with Crippen LogP contribution in [0.4, 0.5) is 5.69 Å². The highest BCUT2D eigenvalue weighted by molar-refractivity contribution is 6.12. The average Bonchev–Trinajstić information content (AvgIpc) is 2.61. The second kappa shape index (κ2) is 4.21. The van der Waals surface area contributed by atoms with E-state index in [1.807, 2.05) is 0 Å². The summed E-state index contributed by atoms with van der Waals surface area (Å²) in [6.45, 7) is 0.202. The predicted molar refractivity (Wildman–Crippen MR) is 65.6 cm³/mol. The SMILES string of the molecule is N=Cc1ccc(CN2C(=O)C=CC2=O)cc1N.[HH]. The summed E-state index contributed by atoms with van der Waals surface area (Å²) in [6, 6.07) is 5.10. The van der Waals surface area contributed by atoms with Crippen molar-refractivity contribution >= 4 is 23.7 Å². The van der Waals surface area contributed by atoms with Crippen LogP contribution in [0.1, 0.15) is 12.6 Å². The van der Waals surface area contributed by atoms with Crippen LogP contribution in [0.25, 0.3) is 0 Å². The van der Waals surface area contributed by atoms with Gasteiger partial charge in [-0.25, -0.2) is 0 Å². The van der Waals surface area contributed by atoms with Gasteiger partial charge in [0.15, 0.2) is 0 Å². The average molecular weight is 231 g/mol. The zero-order chi connectivity index (χ0) is 12.4. The fourth-order valence-corrected chi connectivity index (χ4v) is 1.62. The van der Waals surface area contributed by atoms with Crippen LogP contribution in [0, 0.1) is 5.41 Å². The molecule has 1 aromatic rings. The molecule has 1 aliphatic heterocycles. The number of anilines is 1. The Hall–Kier alpha value is -2.43. The van der Waals surface area contributed by atoms with Crippen molar-refractivity contribution in [2.45, 2.75) is 6.54 Å². The number of hydrogen-bond donors (Lipinski definition) is 2. The molecule has 2 rings (SSSR count). The number of nitrogens with two attached hydrogens (primary N) is 1. The second-order valence-corrected chi connectivity index (χ2v) is 3.70. The van der Waals surface area contributed by atoms with Crippen LogP contribution in [-0.2, 0) is 16.1 Å². The number of rotatable bonds is 3. The van der Waals surface area contributed by atoms with Gasteiger partial charge in [0.2, 0.25) is 0 Å². The summed E-state index contributed by atoms with van der Waals surface area (Å²) in [7, 11) is 0. The van der Waals surface area contributed by atoms with E-state index in [0.717, 1.165) is 16.7 Å². The van der Waals surface area contributed by atoms with Gasteiger partial charge in [0.25, 0.3) is 11.8 Å². The molecular formula is C12H13N3O2. The maximum Gasteiger partial charge on any atom is 0.253 e. The Kier molecular flexibility index (Phi) is 2.74. The van der Waals surface area contributed by atoms with Gasteiger partial charge in [-0.15, -0.1) is 0 Å². The minimum absolute atomic E-state index is 0. The predicted octanol–water partition coefficient (Wildman–Crippen LogP) is 0.937. The lowest BCUT2D eigenvalue weighted by atomic mass is 10.1. The quantitative estimate of drug-likeness (QED) is 0.461. The second-order valence-electron chi connectivity index (χ2n) is 3.70. The molecule has 0 saturated carbocycles. The van der Waals surface area contributed by atoms with Crippen molar-refractivity contribution in [3.05, 3.63) is 41.5 Å². The monoisotopic (exact) mass is 231 g/mol. The summed E-state index contributed by atoms with van der Waals surface area (Å²) >= 11 is 0. The van der Waals surface area contributed by atoms with Gasteiger partial charge in [-0.1, -0.05) is 12.1 Å². The summed E-state index contributed by atoms with van der Waals surface area (Å²) < 4.78 is 0. The lowest BCUT2D eigenvalue weighted by Gasteiger charge is -2.14. The third kappa shape index (κ3) is 2.08. The van der Waals surface area contributed by atoms with Crippen LogP contribution in [0.15, 0.2) is 30.4 Å². The molecule has 0 bridgehead atoms. The molecule has 1 aromatic carbocycles. The molecule has 0 radical (unpaired) electrons. The van der Waals surface area contributed by atoms with Crippen LogP contribution in [-0.4, -0.2) is 22.9 Å². The van der Waals surface area contributed by atoms with Crippen molar-refractivity contribution in [2.75, 3.05) is 5.73 Å². The third-order valence-electron chi connectivity index (χ3n) is 2.55. The lowest BCUT2D eigenvalue weighted by Crippen LogP contribution is -2.29. The first-order valence-electron chi connectivity index (χ1n) is 5.04. The van der Waals surface area contributed by atoms with Crippen LogP contribution < -0.4 is 5.73 Å². The Bertz CT molecular complexity index is 522. The van der Waals surface area contributed by atoms with E-state index in [0.29, 0.717) is 11.3 Å². The Morgan fingerprint density at radius 1 is 1.29 bits per heavy atom. The van der Waals surface area contributed by atoms with Gasteiger partial charge in [0.1, 0.15) is 0 Å². The first-order chi connectivity index (χ1) is 8.11. The van der Waals surface area contributed by atoms with Crippen LogP contribution in [0.5, 0.6) is 0 Å². The smallest absolute Gasteiger partial charge is 0.253 e. The zero-order valence-corrected chi connectivity index (χ0v) is 9.01. The Labute approximate surface area is 99.5 Å². The number of imide groups is 1. The van der Waals surface area contributed by atoms with E-state index >= 15 is 0 Å². The first kappa shape index (κ1) is 11.1. The molecule has 5 nitrogen and oxygen atoms in total. The highest BCUT2D eigenvalue weighted by Gasteiger charge is 2.23. The molecule has 0 aromatic heterocycles. The maximum atomic E-state index is 11.3. The van der Waals surface area contributed by atoms with Crippen molar-refractivity contribution < 1.29 is 11.0 Å². The summed E-state index contributed by atoms with van der Waals surface area (Å²) in [5.41, 5.74) is 7.56. The van der Waals surface area contributed by atoms with Gasteiger partial charge in [-0.05, 0) is 11.6 Å². The number of amides is 2. The third-order valence-corrected chi connectivity index (χ3v) is 2.55. The molecule has 3 N–H and O–H groups in total. The van der Waals surface area contributed by atoms with Gasteiger partial charge in [0.05, 0.1) is 6.54 Å². The molecule has 17 heavy (non-hydrogen) atoms. The highest BCUT2D eigenvalue weighted by Crippen LogP contribution is 2.16. The fourth-order valence-electron chi connectivity index (χ4n) is 1.62. The summed E-state index contributed by atoms with van der Waals surface area (Å²) in [6.07, 6.45) is 3.65. The van der Waals surface area contributed by atoms with Crippen LogP contribution in [0.2, 0.25) is 0 Å². The van der Waals surface area contributed by atoms with E-state index in [-0.39, 0.29) is 19.8 Å². The number of carbonyl (C=O) groups is 2. The van der Waals surface area contributed by atoms with Gasteiger partial charge in [-0.3, -0.25) is 14.5 Å². The van der Waals surface area contributed by atoms with E-state index in [2.05, 4.69) is 0 Å². The van der Waals surface area contributed by atoms with E-state index in [1.165, 1.54) is 12.2 Å². The topological polar surface area (TPSA) is 87.2 Å². The van der Waals surface area contributed by atoms with Crippen molar-refractivity contribution in [3.63, 3.8) is 0 Å². The molecule has 1 heterocycles. The molecule has 0 spiro atoms. The molecule has 0 aliphatic carbocycles. The van der Waals surface area contributed by atoms with Crippen molar-refractivity contribution in [1.29, 1.82) is 5.41 Å². The summed E-state index contributed by atoms with van der Waals surface area (Å²) in [5.74, 6) is -0.630. The fraction of sp³-hybridized carbons (Fsp3) is 0.0833. The number of nitrogens with one attached hydrogen (secondary N) is 1. The first-order valence-corrected chi connectivity index (χ1v) is 5.04. The summed E-state index contributed by atoms with van der Waals surface area (Å²) in [4.78, 5) is 23.8. The molecule has 5 heteroatoms.